The first-order valence-electron chi connectivity index (χ1n) is 5.44. The summed E-state index contributed by atoms with van der Waals surface area (Å²) >= 11 is 4.97. The van der Waals surface area contributed by atoms with Gasteiger partial charge in [0.2, 0.25) is 0 Å². The molecule has 0 radical (unpaired) electrons. The maximum atomic E-state index is 5.63. The van der Waals surface area contributed by atoms with Crippen molar-refractivity contribution in [3.8, 4) is 0 Å². The van der Waals surface area contributed by atoms with Gasteiger partial charge in [-0.3, -0.25) is 4.98 Å². The molecule has 0 aliphatic carbocycles. The number of hydrogen-bond donors (Lipinski definition) is 2. The first kappa shape index (κ1) is 12.2. The number of pyridine rings is 1. The van der Waals surface area contributed by atoms with Crippen LogP contribution in [0, 0.1) is 0 Å². The summed E-state index contributed by atoms with van der Waals surface area (Å²) in [5.74, 6) is 0. The van der Waals surface area contributed by atoms with Gasteiger partial charge in [-0.1, -0.05) is 12.2 Å². The molecule has 1 aromatic rings. The van der Waals surface area contributed by atoms with Gasteiger partial charge in [0.25, 0.3) is 0 Å². The lowest BCUT2D eigenvalue weighted by atomic mass is 10.2. The molecule has 1 aliphatic rings. The van der Waals surface area contributed by atoms with Gasteiger partial charge in [-0.15, -0.1) is 0 Å². The Labute approximate surface area is 105 Å². The lowest BCUT2D eigenvalue weighted by molar-refractivity contribution is -0.0818. The summed E-state index contributed by atoms with van der Waals surface area (Å²) in [6, 6.07) is 1.79. The van der Waals surface area contributed by atoms with E-state index in [1.807, 2.05) is 0 Å². The van der Waals surface area contributed by atoms with Crippen LogP contribution < -0.4 is 11.1 Å². The molecule has 2 heterocycles. The highest BCUT2D eigenvalue weighted by atomic mass is 32.1. The lowest BCUT2D eigenvalue weighted by Crippen LogP contribution is -2.34. The number of ether oxygens (including phenoxy) is 2. The van der Waals surface area contributed by atoms with E-state index in [2.05, 4.69) is 10.3 Å². The molecule has 92 valence electrons. The van der Waals surface area contributed by atoms with Crippen LogP contribution in [0.2, 0.25) is 0 Å². The Morgan fingerprint density at radius 1 is 1.59 bits per heavy atom. The molecule has 0 saturated carbocycles. The average molecular weight is 253 g/mol. The van der Waals surface area contributed by atoms with Crippen LogP contribution in [0.5, 0.6) is 0 Å². The van der Waals surface area contributed by atoms with Crippen molar-refractivity contribution in [2.45, 2.75) is 6.10 Å². The molecule has 0 spiro atoms. The van der Waals surface area contributed by atoms with Gasteiger partial charge < -0.3 is 20.5 Å². The molecule has 0 aromatic carbocycles. The Morgan fingerprint density at radius 3 is 3.18 bits per heavy atom. The maximum Gasteiger partial charge on any atom is 0.106 e. The van der Waals surface area contributed by atoms with Crippen LogP contribution in [-0.4, -0.2) is 42.4 Å². The van der Waals surface area contributed by atoms with Crippen LogP contribution in [0.25, 0.3) is 0 Å². The molecular formula is C11H15N3O2S. The van der Waals surface area contributed by atoms with E-state index in [4.69, 9.17) is 27.4 Å². The first-order chi connectivity index (χ1) is 8.27. The molecule has 1 saturated heterocycles. The van der Waals surface area contributed by atoms with Gasteiger partial charge in [-0.25, -0.2) is 0 Å². The zero-order chi connectivity index (χ0) is 12.1. The number of nitrogens with zero attached hydrogens (tertiary/aromatic N) is 1. The molecule has 5 nitrogen and oxygen atoms in total. The lowest BCUT2D eigenvalue weighted by Gasteiger charge is -2.23. The fourth-order valence-electron chi connectivity index (χ4n) is 1.63. The van der Waals surface area contributed by atoms with Crippen molar-refractivity contribution in [3.63, 3.8) is 0 Å². The topological polar surface area (TPSA) is 69.4 Å². The predicted octanol–water partition coefficient (Wildman–Crippen LogP) is 0.543. The quantitative estimate of drug-likeness (QED) is 0.763. The van der Waals surface area contributed by atoms with E-state index in [0.29, 0.717) is 31.4 Å². The van der Waals surface area contributed by atoms with Crippen molar-refractivity contribution in [3.05, 3.63) is 24.0 Å². The summed E-state index contributed by atoms with van der Waals surface area (Å²) in [5, 5.41) is 3.23. The van der Waals surface area contributed by atoms with Crippen molar-refractivity contribution in [2.75, 3.05) is 31.7 Å². The highest BCUT2D eigenvalue weighted by Crippen LogP contribution is 2.13. The minimum atomic E-state index is 0.0585. The van der Waals surface area contributed by atoms with Crippen molar-refractivity contribution in [1.82, 2.24) is 4.98 Å². The SMILES string of the molecule is NC(=S)c1ccncc1NCC1COCCO1. The molecular weight excluding hydrogens is 238 g/mol. The second-order valence-corrected chi connectivity index (χ2v) is 4.17. The van der Waals surface area contributed by atoms with Crippen molar-refractivity contribution in [1.29, 1.82) is 0 Å². The van der Waals surface area contributed by atoms with Crippen LogP contribution in [0.1, 0.15) is 5.56 Å². The van der Waals surface area contributed by atoms with Crippen LogP contribution >= 0.6 is 12.2 Å². The van der Waals surface area contributed by atoms with Crippen LogP contribution in [0.15, 0.2) is 18.5 Å². The van der Waals surface area contributed by atoms with Crippen LogP contribution in [-0.2, 0) is 9.47 Å². The van der Waals surface area contributed by atoms with Gasteiger partial charge >= 0.3 is 0 Å². The van der Waals surface area contributed by atoms with E-state index in [9.17, 15) is 0 Å². The Bertz CT molecular complexity index is 394. The summed E-state index contributed by atoms with van der Waals surface area (Å²) in [4.78, 5) is 4.40. The average Bonchev–Trinajstić information content (AvgIpc) is 2.38. The number of nitrogens with two attached hydrogens (primary N) is 1. The summed E-state index contributed by atoms with van der Waals surface area (Å²) in [5.41, 5.74) is 7.26. The number of nitrogens with one attached hydrogen (secondary N) is 1. The zero-order valence-electron chi connectivity index (χ0n) is 9.39. The number of hydrogen-bond acceptors (Lipinski definition) is 5. The van der Waals surface area contributed by atoms with E-state index in [1.54, 1.807) is 18.5 Å². The molecule has 6 heteroatoms. The van der Waals surface area contributed by atoms with E-state index in [0.717, 1.165) is 11.3 Å². The molecule has 1 aromatic heterocycles. The minimum Gasteiger partial charge on any atom is -0.389 e. The van der Waals surface area contributed by atoms with Gasteiger partial charge in [-0.05, 0) is 6.07 Å². The highest BCUT2D eigenvalue weighted by molar-refractivity contribution is 7.80. The number of anilines is 1. The van der Waals surface area contributed by atoms with Gasteiger partial charge in [-0.2, -0.15) is 0 Å². The molecule has 2 rings (SSSR count). The minimum absolute atomic E-state index is 0.0585. The smallest absolute Gasteiger partial charge is 0.106 e. The van der Waals surface area contributed by atoms with Crippen LogP contribution in [0.3, 0.4) is 0 Å². The predicted molar refractivity (Wildman–Crippen MR) is 69.2 cm³/mol. The Kier molecular flexibility index (Phi) is 4.24. The summed E-state index contributed by atoms with van der Waals surface area (Å²) < 4.78 is 10.8. The third kappa shape index (κ3) is 3.36. The zero-order valence-corrected chi connectivity index (χ0v) is 10.2. The van der Waals surface area contributed by atoms with E-state index in [1.165, 1.54) is 0 Å². The Balaban J connectivity index is 1.96. The summed E-state index contributed by atoms with van der Waals surface area (Å²) in [6.07, 6.45) is 3.43. The largest absolute Gasteiger partial charge is 0.389 e. The van der Waals surface area contributed by atoms with Crippen LogP contribution in [0.4, 0.5) is 5.69 Å². The third-order valence-corrected chi connectivity index (χ3v) is 2.71. The highest BCUT2D eigenvalue weighted by Gasteiger charge is 2.14. The molecule has 0 amide bonds. The van der Waals surface area contributed by atoms with Gasteiger partial charge in [0.05, 0.1) is 37.8 Å². The molecule has 1 atom stereocenters. The second kappa shape index (κ2) is 5.90. The molecule has 1 fully saturated rings. The normalized spacial score (nSPS) is 19.9. The standard InChI is InChI=1S/C11H15N3O2S/c12-11(17)9-1-2-13-6-10(9)14-5-8-7-15-3-4-16-8/h1-2,6,8,14H,3-5,7H2,(H2,12,17). The number of rotatable bonds is 4. The first-order valence-corrected chi connectivity index (χ1v) is 5.85. The molecule has 17 heavy (non-hydrogen) atoms. The van der Waals surface area contributed by atoms with Crippen molar-refractivity contribution >= 4 is 22.9 Å². The third-order valence-electron chi connectivity index (χ3n) is 2.49. The van der Waals surface area contributed by atoms with E-state index in [-0.39, 0.29) is 6.10 Å². The Morgan fingerprint density at radius 2 is 2.47 bits per heavy atom. The molecule has 3 N–H and O–H groups in total. The number of thiocarbonyl (C=S) groups is 1. The summed E-state index contributed by atoms with van der Waals surface area (Å²) in [7, 11) is 0. The maximum absolute atomic E-state index is 5.63. The molecule has 1 unspecified atom stereocenters. The van der Waals surface area contributed by atoms with Crippen molar-refractivity contribution in [2.24, 2.45) is 5.73 Å². The molecule has 0 bridgehead atoms. The summed E-state index contributed by atoms with van der Waals surface area (Å²) in [6.45, 7) is 2.57. The fraction of sp³-hybridized carbons (Fsp3) is 0.455. The number of aromatic nitrogens is 1. The van der Waals surface area contributed by atoms with E-state index < -0.39 is 0 Å². The second-order valence-electron chi connectivity index (χ2n) is 3.73. The van der Waals surface area contributed by atoms with E-state index >= 15 is 0 Å². The van der Waals surface area contributed by atoms with Crippen molar-refractivity contribution < 1.29 is 9.47 Å². The molecule has 1 aliphatic heterocycles. The van der Waals surface area contributed by atoms with Gasteiger partial charge in [0.15, 0.2) is 0 Å². The fourth-order valence-corrected chi connectivity index (χ4v) is 1.81. The monoisotopic (exact) mass is 253 g/mol. The van der Waals surface area contributed by atoms with Gasteiger partial charge in [0, 0.05) is 18.3 Å². The van der Waals surface area contributed by atoms with Gasteiger partial charge in [0.1, 0.15) is 4.99 Å². The Hall–Kier alpha value is -1.24.